The van der Waals surface area contributed by atoms with Crippen LogP contribution in [0.1, 0.15) is 15.9 Å². The minimum absolute atomic E-state index is 0.0600. The van der Waals surface area contributed by atoms with E-state index >= 15 is 0 Å². The Morgan fingerprint density at radius 1 is 1.04 bits per heavy atom. The molecule has 3 rings (SSSR count). The van der Waals surface area contributed by atoms with Gasteiger partial charge in [0.25, 0.3) is 5.91 Å². The predicted octanol–water partition coefficient (Wildman–Crippen LogP) is 1.91. The van der Waals surface area contributed by atoms with Crippen molar-refractivity contribution in [3.63, 3.8) is 0 Å². The van der Waals surface area contributed by atoms with E-state index < -0.39 is 10.0 Å². The average molecular weight is 403 g/mol. The monoisotopic (exact) mass is 402 g/mol. The Morgan fingerprint density at radius 3 is 2.39 bits per heavy atom. The number of benzene rings is 2. The van der Waals surface area contributed by atoms with Crippen molar-refractivity contribution >= 4 is 27.3 Å². The second kappa shape index (κ2) is 8.30. The summed E-state index contributed by atoms with van der Waals surface area (Å²) in [4.78, 5) is 17.3. The van der Waals surface area contributed by atoms with Crippen molar-refractivity contribution in [1.82, 2.24) is 9.62 Å². The minimum atomic E-state index is -3.60. The van der Waals surface area contributed by atoms with E-state index in [0.29, 0.717) is 11.3 Å². The Balaban J connectivity index is 1.75. The zero-order chi connectivity index (χ0) is 20.3. The highest BCUT2D eigenvalue weighted by molar-refractivity contribution is 7.89. The van der Waals surface area contributed by atoms with Gasteiger partial charge in [-0.05, 0) is 63.0 Å². The molecule has 2 aromatic rings. The first-order valence-corrected chi connectivity index (χ1v) is 10.7. The number of sulfonamides is 1. The topological polar surface area (TPSA) is 81.7 Å². The summed E-state index contributed by atoms with van der Waals surface area (Å²) in [7, 11) is -0.133. The molecule has 8 heteroatoms. The highest BCUT2D eigenvalue weighted by Crippen LogP contribution is 2.24. The summed E-state index contributed by atoms with van der Waals surface area (Å²) in [6, 6.07) is 12.0. The molecular weight excluding hydrogens is 376 g/mol. The van der Waals surface area contributed by atoms with Gasteiger partial charge >= 0.3 is 0 Å². The molecular formula is C20H26N4O3S. The van der Waals surface area contributed by atoms with Crippen molar-refractivity contribution in [1.29, 1.82) is 0 Å². The zero-order valence-corrected chi connectivity index (χ0v) is 17.2. The van der Waals surface area contributed by atoms with Gasteiger partial charge in [-0.1, -0.05) is 6.07 Å². The number of carbonyl (C=O) groups is 1. The third kappa shape index (κ3) is 4.52. The molecule has 1 saturated heterocycles. The first-order valence-electron chi connectivity index (χ1n) is 9.19. The van der Waals surface area contributed by atoms with Crippen LogP contribution in [-0.2, 0) is 10.0 Å². The third-order valence-electron chi connectivity index (χ3n) is 5.00. The van der Waals surface area contributed by atoms with Crippen LogP contribution >= 0.6 is 0 Å². The van der Waals surface area contributed by atoms with Gasteiger partial charge in [-0.3, -0.25) is 4.79 Å². The minimum Gasteiger partial charge on any atom is -0.369 e. The first-order chi connectivity index (χ1) is 13.3. The number of nitrogens with one attached hydrogen (secondary N) is 2. The second-order valence-electron chi connectivity index (χ2n) is 6.98. The van der Waals surface area contributed by atoms with E-state index in [1.54, 1.807) is 12.1 Å². The Kier molecular flexibility index (Phi) is 6.02. The second-order valence-corrected chi connectivity index (χ2v) is 8.87. The van der Waals surface area contributed by atoms with Gasteiger partial charge < -0.3 is 15.1 Å². The molecule has 0 radical (unpaired) electrons. The van der Waals surface area contributed by atoms with E-state index in [2.05, 4.69) is 33.0 Å². The largest absolute Gasteiger partial charge is 0.369 e. The highest BCUT2D eigenvalue weighted by Gasteiger charge is 2.17. The maximum absolute atomic E-state index is 12.6. The van der Waals surface area contributed by atoms with Gasteiger partial charge in [0.05, 0.1) is 4.90 Å². The Morgan fingerprint density at radius 2 is 1.75 bits per heavy atom. The van der Waals surface area contributed by atoms with Crippen LogP contribution in [0.5, 0.6) is 0 Å². The number of hydrogen-bond donors (Lipinski definition) is 2. The summed E-state index contributed by atoms with van der Waals surface area (Å²) < 4.78 is 26.1. The van der Waals surface area contributed by atoms with Gasteiger partial charge in [0, 0.05) is 43.1 Å². The smallest absolute Gasteiger partial charge is 0.255 e. The molecule has 0 bridgehead atoms. The van der Waals surface area contributed by atoms with Crippen molar-refractivity contribution in [2.24, 2.45) is 0 Å². The Labute approximate surface area is 166 Å². The van der Waals surface area contributed by atoms with Crippen LogP contribution in [0, 0.1) is 6.92 Å². The van der Waals surface area contributed by atoms with Gasteiger partial charge in [0.1, 0.15) is 0 Å². The SMILES string of the molecule is CNS(=O)(=O)c1cccc(C(=O)Nc2ccc(N3CCN(C)CC3)cc2C)c1. The van der Waals surface area contributed by atoms with Gasteiger partial charge in [-0.25, -0.2) is 13.1 Å². The molecule has 150 valence electrons. The molecule has 2 N–H and O–H groups in total. The fraction of sp³-hybridized carbons (Fsp3) is 0.350. The quantitative estimate of drug-likeness (QED) is 0.798. The number of piperazine rings is 1. The van der Waals surface area contributed by atoms with Gasteiger partial charge in [0.2, 0.25) is 10.0 Å². The van der Waals surface area contributed by atoms with Crippen molar-refractivity contribution in [3.8, 4) is 0 Å². The number of aryl methyl sites for hydroxylation is 1. The number of likely N-dealkylation sites (N-methyl/N-ethyl adjacent to an activating group) is 1. The Hall–Kier alpha value is -2.42. The molecule has 1 fully saturated rings. The molecule has 0 atom stereocenters. The maximum Gasteiger partial charge on any atom is 0.255 e. The fourth-order valence-electron chi connectivity index (χ4n) is 3.17. The van der Waals surface area contributed by atoms with E-state index in [-0.39, 0.29) is 10.8 Å². The molecule has 1 amide bonds. The first kappa shape index (κ1) is 20.3. The lowest BCUT2D eigenvalue weighted by atomic mass is 10.1. The van der Waals surface area contributed by atoms with Crippen LogP contribution in [0.2, 0.25) is 0 Å². The lowest BCUT2D eigenvalue weighted by molar-refractivity contribution is 0.102. The molecule has 7 nitrogen and oxygen atoms in total. The number of hydrogen-bond acceptors (Lipinski definition) is 5. The number of rotatable bonds is 5. The summed E-state index contributed by atoms with van der Waals surface area (Å²) in [5, 5.41) is 2.88. The number of amides is 1. The lowest BCUT2D eigenvalue weighted by Gasteiger charge is -2.34. The summed E-state index contributed by atoms with van der Waals surface area (Å²) in [6.45, 7) is 5.98. The van der Waals surface area contributed by atoms with E-state index in [1.165, 1.54) is 19.2 Å². The molecule has 1 heterocycles. The summed E-state index contributed by atoms with van der Waals surface area (Å²) in [5.74, 6) is -0.344. The molecule has 2 aromatic carbocycles. The van der Waals surface area contributed by atoms with E-state index in [0.717, 1.165) is 37.4 Å². The van der Waals surface area contributed by atoms with Crippen molar-refractivity contribution in [2.45, 2.75) is 11.8 Å². The molecule has 0 aliphatic carbocycles. The van der Waals surface area contributed by atoms with Crippen LogP contribution in [0.15, 0.2) is 47.4 Å². The van der Waals surface area contributed by atoms with E-state index in [9.17, 15) is 13.2 Å². The molecule has 0 unspecified atom stereocenters. The average Bonchev–Trinajstić information content (AvgIpc) is 2.70. The fourth-order valence-corrected chi connectivity index (χ4v) is 3.94. The molecule has 28 heavy (non-hydrogen) atoms. The maximum atomic E-state index is 12.6. The molecule has 0 spiro atoms. The third-order valence-corrected chi connectivity index (χ3v) is 6.41. The van der Waals surface area contributed by atoms with E-state index in [4.69, 9.17) is 0 Å². The molecule has 1 aliphatic heterocycles. The normalized spacial score (nSPS) is 15.5. The summed E-state index contributed by atoms with van der Waals surface area (Å²) in [5.41, 5.74) is 3.11. The van der Waals surface area contributed by atoms with Gasteiger partial charge in [0.15, 0.2) is 0 Å². The van der Waals surface area contributed by atoms with Crippen LogP contribution in [0.4, 0.5) is 11.4 Å². The molecule has 1 aliphatic rings. The van der Waals surface area contributed by atoms with Crippen molar-refractivity contribution < 1.29 is 13.2 Å². The lowest BCUT2D eigenvalue weighted by Crippen LogP contribution is -2.44. The zero-order valence-electron chi connectivity index (χ0n) is 16.4. The van der Waals surface area contributed by atoms with Crippen molar-refractivity contribution in [3.05, 3.63) is 53.6 Å². The van der Waals surface area contributed by atoms with Crippen LogP contribution < -0.4 is 14.9 Å². The van der Waals surface area contributed by atoms with Crippen LogP contribution in [0.25, 0.3) is 0 Å². The Bertz CT molecular complexity index is 967. The predicted molar refractivity (Wildman–Crippen MR) is 112 cm³/mol. The molecule has 0 aromatic heterocycles. The standard InChI is InChI=1S/C20H26N4O3S/c1-15-13-17(24-11-9-23(3)10-12-24)7-8-19(15)22-20(25)16-5-4-6-18(14-16)28(26,27)21-2/h4-8,13-14,21H,9-12H2,1-3H3,(H,22,25). The van der Waals surface area contributed by atoms with Gasteiger partial charge in [-0.15, -0.1) is 0 Å². The summed E-state index contributed by atoms with van der Waals surface area (Å²) >= 11 is 0. The molecule has 0 saturated carbocycles. The van der Waals surface area contributed by atoms with Crippen LogP contribution in [0.3, 0.4) is 0 Å². The van der Waals surface area contributed by atoms with E-state index in [1.807, 2.05) is 19.1 Å². The number of nitrogens with zero attached hydrogens (tertiary/aromatic N) is 2. The van der Waals surface area contributed by atoms with Crippen LogP contribution in [-0.4, -0.2) is 59.5 Å². The number of anilines is 2. The summed E-state index contributed by atoms with van der Waals surface area (Å²) in [6.07, 6.45) is 0. The van der Waals surface area contributed by atoms with Crippen molar-refractivity contribution in [2.75, 3.05) is 50.5 Å². The van der Waals surface area contributed by atoms with Gasteiger partial charge in [-0.2, -0.15) is 0 Å². The highest BCUT2D eigenvalue weighted by atomic mass is 32.2. The number of carbonyl (C=O) groups excluding carboxylic acids is 1.